The minimum Gasteiger partial charge on any atom is -0.480 e. The van der Waals surface area contributed by atoms with E-state index in [2.05, 4.69) is 42.3 Å². The highest BCUT2D eigenvalue weighted by atomic mass is 16.4. The molecule has 1 aliphatic rings. The van der Waals surface area contributed by atoms with E-state index in [1.807, 2.05) is 7.05 Å². The fourth-order valence-electron chi connectivity index (χ4n) is 2.44. The van der Waals surface area contributed by atoms with Crippen LogP contribution < -0.4 is 10.2 Å². The SMILES string of the molecule is Cc1cc(C)cc(N(C)CCC(NC2CC2)C(=O)O)c1. The Kier molecular flexibility index (Phi) is 4.65. The Morgan fingerprint density at radius 1 is 1.35 bits per heavy atom. The average molecular weight is 276 g/mol. The number of anilines is 1. The number of aliphatic carboxylic acids is 1. The predicted molar refractivity (Wildman–Crippen MR) is 81.4 cm³/mol. The molecule has 0 saturated heterocycles. The molecule has 1 unspecified atom stereocenters. The maximum atomic E-state index is 11.2. The number of aryl methyl sites for hydroxylation is 2. The van der Waals surface area contributed by atoms with Gasteiger partial charge >= 0.3 is 5.97 Å². The molecule has 0 bridgehead atoms. The molecule has 2 rings (SSSR count). The number of nitrogens with zero attached hydrogens (tertiary/aromatic N) is 1. The van der Waals surface area contributed by atoms with Crippen LogP contribution in [0.5, 0.6) is 0 Å². The maximum absolute atomic E-state index is 11.2. The largest absolute Gasteiger partial charge is 0.480 e. The molecular formula is C16H24N2O2. The van der Waals surface area contributed by atoms with Crippen molar-refractivity contribution in [1.29, 1.82) is 0 Å². The van der Waals surface area contributed by atoms with Crippen molar-refractivity contribution in [3.8, 4) is 0 Å². The van der Waals surface area contributed by atoms with E-state index in [1.54, 1.807) is 0 Å². The Morgan fingerprint density at radius 3 is 2.45 bits per heavy atom. The number of carboxylic acids is 1. The molecule has 0 spiro atoms. The molecule has 1 aliphatic carbocycles. The third-order valence-corrected chi connectivity index (χ3v) is 3.71. The second kappa shape index (κ2) is 6.27. The van der Waals surface area contributed by atoms with Gasteiger partial charge in [-0.15, -0.1) is 0 Å². The summed E-state index contributed by atoms with van der Waals surface area (Å²) in [5.74, 6) is -0.745. The number of hydrogen-bond donors (Lipinski definition) is 2. The van der Waals surface area contributed by atoms with Gasteiger partial charge in [0.15, 0.2) is 0 Å². The van der Waals surface area contributed by atoms with E-state index in [0.29, 0.717) is 12.5 Å². The summed E-state index contributed by atoms with van der Waals surface area (Å²) in [6, 6.07) is 6.40. The van der Waals surface area contributed by atoms with E-state index >= 15 is 0 Å². The minimum absolute atomic E-state index is 0.419. The Morgan fingerprint density at radius 2 is 1.95 bits per heavy atom. The molecule has 0 aromatic heterocycles. The van der Waals surface area contributed by atoms with E-state index < -0.39 is 12.0 Å². The molecule has 4 heteroatoms. The number of rotatable bonds is 7. The molecule has 1 atom stereocenters. The highest BCUT2D eigenvalue weighted by Gasteiger charge is 2.28. The van der Waals surface area contributed by atoms with Crippen LogP contribution in [0, 0.1) is 13.8 Å². The van der Waals surface area contributed by atoms with Crippen molar-refractivity contribution in [2.75, 3.05) is 18.5 Å². The third-order valence-electron chi connectivity index (χ3n) is 3.71. The third kappa shape index (κ3) is 4.23. The van der Waals surface area contributed by atoms with Crippen molar-refractivity contribution >= 4 is 11.7 Å². The summed E-state index contributed by atoms with van der Waals surface area (Å²) in [6.45, 7) is 4.90. The Labute approximate surface area is 120 Å². The smallest absolute Gasteiger partial charge is 0.320 e. The zero-order valence-electron chi connectivity index (χ0n) is 12.5. The first kappa shape index (κ1) is 14.9. The van der Waals surface area contributed by atoms with Gasteiger partial charge in [-0.2, -0.15) is 0 Å². The summed E-state index contributed by atoms with van der Waals surface area (Å²) in [6.07, 6.45) is 2.84. The quantitative estimate of drug-likeness (QED) is 0.802. The summed E-state index contributed by atoms with van der Waals surface area (Å²) < 4.78 is 0. The first-order valence-electron chi connectivity index (χ1n) is 7.24. The average Bonchev–Trinajstić information content (AvgIpc) is 3.16. The number of hydrogen-bond acceptors (Lipinski definition) is 3. The van der Waals surface area contributed by atoms with Gasteiger partial charge in [-0.1, -0.05) is 6.07 Å². The Bertz CT molecular complexity index is 463. The van der Waals surface area contributed by atoms with Gasteiger partial charge in [-0.3, -0.25) is 4.79 Å². The maximum Gasteiger partial charge on any atom is 0.320 e. The lowest BCUT2D eigenvalue weighted by molar-refractivity contribution is -0.139. The molecule has 1 fully saturated rings. The van der Waals surface area contributed by atoms with Crippen LogP contribution in [-0.2, 0) is 4.79 Å². The number of nitrogens with one attached hydrogen (secondary N) is 1. The van der Waals surface area contributed by atoms with Crippen molar-refractivity contribution in [2.45, 2.75) is 45.2 Å². The standard InChI is InChI=1S/C16H24N2O2/c1-11-8-12(2)10-14(9-11)18(3)7-6-15(16(19)20)17-13-4-5-13/h8-10,13,15,17H,4-7H2,1-3H3,(H,19,20). The number of carboxylic acid groups (broad SMARTS) is 1. The number of carbonyl (C=O) groups is 1. The monoisotopic (exact) mass is 276 g/mol. The summed E-state index contributed by atoms with van der Waals surface area (Å²) >= 11 is 0. The van der Waals surface area contributed by atoms with Crippen molar-refractivity contribution in [2.24, 2.45) is 0 Å². The summed E-state index contributed by atoms with van der Waals surface area (Å²) in [5, 5.41) is 12.4. The highest BCUT2D eigenvalue weighted by molar-refractivity contribution is 5.73. The molecule has 20 heavy (non-hydrogen) atoms. The van der Waals surface area contributed by atoms with Gasteiger partial charge in [-0.05, 0) is 56.4 Å². The lowest BCUT2D eigenvalue weighted by Gasteiger charge is -2.23. The summed E-state index contributed by atoms with van der Waals surface area (Å²) in [5.41, 5.74) is 3.62. The Hall–Kier alpha value is -1.55. The van der Waals surface area contributed by atoms with Crippen molar-refractivity contribution < 1.29 is 9.90 Å². The normalized spacial score (nSPS) is 15.9. The van der Waals surface area contributed by atoms with E-state index in [9.17, 15) is 9.90 Å². The van der Waals surface area contributed by atoms with E-state index in [4.69, 9.17) is 0 Å². The Balaban J connectivity index is 1.92. The lowest BCUT2D eigenvalue weighted by atomic mass is 10.1. The van der Waals surface area contributed by atoms with Crippen LogP contribution in [0.4, 0.5) is 5.69 Å². The van der Waals surface area contributed by atoms with Crippen LogP contribution >= 0.6 is 0 Å². The number of benzene rings is 1. The molecule has 2 N–H and O–H groups in total. The van der Waals surface area contributed by atoms with Crippen LogP contribution in [0.25, 0.3) is 0 Å². The first-order chi connectivity index (χ1) is 9.45. The zero-order valence-corrected chi connectivity index (χ0v) is 12.5. The molecule has 0 amide bonds. The molecule has 0 radical (unpaired) electrons. The van der Waals surface area contributed by atoms with Gasteiger partial charge in [0.25, 0.3) is 0 Å². The highest BCUT2D eigenvalue weighted by Crippen LogP contribution is 2.21. The minimum atomic E-state index is -0.745. The van der Waals surface area contributed by atoms with Crippen LogP contribution in [0.15, 0.2) is 18.2 Å². The van der Waals surface area contributed by atoms with Crippen LogP contribution in [0.3, 0.4) is 0 Å². The second-order valence-electron chi connectivity index (χ2n) is 5.89. The van der Waals surface area contributed by atoms with E-state index in [1.165, 1.54) is 11.1 Å². The zero-order chi connectivity index (χ0) is 14.7. The molecule has 0 heterocycles. The summed E-state index contributed by atoms with van der Waals surface area (Å²) in [4.78, 5) is 13.4. The fourth-order valence-corrected chi connectivity index (χ4v) is 2.44. The summed E-state index contributed by atoms with van der Waals surface area (Å²) in [7, 11) is 2.02. The van der Waals surface area contributed by atoms with E-state index in [-0.39, 0.29) is 0 Å². The second-order valence-corrected chi connectivity index (χ2v) is 5.89. The van der Waals surface area contributed by atoms with Gasteiger partial charge in [0.1, 0.15) is 6.04 Å². The van der Waals surface area contributed by atoms with Crippen molar-refractivity contribution in [3.63, 3.8) is 0 Å². The van der Waals surface area contributed by atoms with Crippen molar-refractivity contribution in [3.05, 3.63) is 29.3 Å². The van der Waals surface area contributed by atoms with E-state index in [0.717, 1.165) is 25.1 Å². The molecule has 1 aromatic rings. The molecule has 110 valence electrons. The van der Waals surface area contributed by atoms with Gasteiger partial charge < -0.3 is 15.3 Å². The molecular weight excluding hydrogens is 252 g/mol. The van der Waals surface area contributed by atoms with Gasteiger partial charge in [0.05, 0.1) is 0 Å². The predicted octanol–water partition coefficient (Wildman–Crippen LogP) is 2.33. The van der Waals surface area contributed by atoms with Crippen LogP contribution in [-0.4, -0.2) is 36.8 Å². The van der Waals surface area contributed by atoms with Gasteiger partial charge in [0, 0.05) is 25.3 Å². The van der Waals surface area contributed by atoms with Crippen LogP contribution in [0.2, 0.25) is 0 Å². The molecule has 1 saturated carbocycles. The van der Waals surface area contributed by atoms with Crippen molar-refractivity contribution in [1.82, 2.24) is 5.32 Å². The molecule has 0 aliphatic heterocycles. The lowest BCUT2D eigenvalue weighted by Crippen LogP contribution is -2.40. The topological polar surface area (TPSA) is 52.6 Å². The first-order valence-corrected chi connectivity index (χ1v) is 7.24. The molecule has 4 nitrogen and oxygen atoms in total. The fraction of sp³-hybridized carbons (Fsp3) is 0.562. The van der Waals surface area contributed by atoms with Crippen LogP contribution in [0.1, 0.15) is 30.4 Å². The molecule has 1 aromatic carbocycles. The van der Waals surface area contributed by atoms with Gasteiger partial charge in [0.2, 0.25) is 0 Å². The van der Waals surface area contributed by atoms with Gasteiger partial charge in [-0.25, -0.2) is 0 Å².